The molecule has 0 amide bonds. The van der Waals surface area contributed by atoms with E-state index in [0.717, 1.165) is 5.76 Å². The first kappa shape index (κ1) is 15.5. The molecule has 0 radical (unpaired) electrons. The monoisotopic (exact) mass is 325 g/mol. The number of carbonyl (C=O) groups excluding carboxylic acids is 1. The Balaban J connectivity index is 1.74. The molecule has 3 aromatic rings. The molecule has 1 aromatic carbocycles. The van der Waals surface area contributed by atoms with Gasteiger partial charge in [-0.3, -0.25) is 0 Å². The second kappa shape index (κ2) is 7.23. The molecule has 0 aliphatic rings. The number of benzene rings is 1. The van der Waals surface area contributed by atoms with Crippen LogP contribution in [0.1, 0.15) is 16.1 Å². The van der Waals surface area contributed by atoms with Crippen molar-refractivity contribution in [3.63, 3.8) is 0 Å². The molecular weight excluding hydrogens is 310 g/mol. The highest BCUT2D eigenvalue weighted by molar-refractivity contribution is 5.96. The highest BCUT2D eigenvalue weighted by atomic mass is 16.5. The van der Waals surface area contributed by atoms with Gasteiger partial charge in [0.2, 0.25) is 5.95 Å². The summed E-state index contributed by atoms with van der Waals surface area (Å²) in [5.41, 5.74) is 0.977. The summed E-state index contributed by atoms with van der Waals surface area (Å²) in [4.78, 5) is 16.1. The third-order valence-corrected chi connectivity index (χ3v) is 3.15. The fourth-order valence-corrected chi connectivity index (χ4v) is 2.04. The quantitative estimate of drug-likeness (QED) is 0.667. The molecule has 8 heteroatoms. The zero-order valence-corrected chi connectivity index (χ0v) is 12.9. The molecule has 24 heavy (non-hydrogen) atoms. The minimum absolute atomic E-state index is 0.340. The third-order valence-electron chi connectivity index (χ3n) is 3.15. The molecule has 2 N–H and O–H groups in total. The fourth-order valence-electron chi connectivity index (χ4n) is 2.04. The number of hydrogen-bond donors (Lipinski definition) is 2. The van der Waals surface area contributed by atoms with Crippen LogP contribution in [0.5, 0.6) is 0 Å². The number of rotatable bonds is 6. The smallest absolute Gasteiger partial charge is 0.339 e. The van der Waals surface area contributed by atoms with Crippen molar-refractivity contribution in [3.05, 3.63) is 60.2 Å². The number of hydrogen-bond acceptors (Lipinski definition) is 8. The minimum Gasteiger partial charge on any atom is -0.467 e. The van der Waals surface area contributed by atoms with Crippen LogP contribution in [0.2, 0.25) is 0 Å². The van der Waals surface area contributed by atoms with Crippen LogP contribution in [0.15, 0.2) is 53.3 Å². The summed E-state index contributed by atoms with van der Waals surface area (Å²) in [6, 6.07) is 10.6. The first-order chi connectivity index (χ1) is 11.8. The predicted octanol–water partition coefficient (Wildman–Crippen LogP) is 2.61. The number of nitrogens with one attached hydrogen (secondary N) is 2. The number of para-hydroxylation sites is 1. The number of anilines is 3. The molecule has 0 atom stereocenters. The Hall–Kier alpha value is -3.42. The summed E-state index contributed by atoms with van der Waals surface area (Å²) in [5, 5.41) is 13.9. The maximum atomic E-state index is 11.8. The third kappa shape index (κ3) is 3.67. The van der Waals surface area contributed by atoms with E-state index in [1.54, 1.807) is 36.6 Å². The van der Waals surface area contributed by atoms with Crippen molar-refractivity contribution in [1.29, 1.82) is 0 Å². The number of methoxy groups -OCH3 is 1. The summed E-state index contributed by atoms with van der Waals surface area (Å²) in [5.74, 6) is 1.11. The zero-order chi connectivity index (χ0) is 16.8. The van der Waals surface area contributed by atoms with Crippen LogP contribution in [0, 0.1) is 0 Å². The van der Waals surface area contributed by atoms with Gasteiger partial charge in [0, 0.05) is 0 Å². The largest absolute Gasteiger partial charge is 0.467 e. The van der Waals surface area contributed by atoms with Gasteiger partial charge in [0.1, 0.15) is 5.76 Å². The molecule has 0 spiro atoms. The lowest BCUT2D eigenvalue weighted by molar-refractivity contribution is 0.0602. The summed E-state index contributed by atoms with van der Waals surface area (Å²) in [6.07, 6.45) is 3.06. The van der Waals surface area contributed by atoms with E-state index in [-0.39, 0.29) is 0 Å². The van der Waals surface area contributed by atoms with Crippen LogP contribution in [0.3, 0.4) is 0 Å². The number of carbonyl (C=O) groups is 1. The number of aromatic nitrogens is 3. The molecule has 122 valence electrons. The summed E-state index contributed by atoms with van der Waals surface area (Å²) < 4.78 is 10.00. The van der Waals surface area contributed by atoms with Crippen LogP contribution in [-0.2, 0) is 11.3 Å². The Morgan fingerprint density at radius 2 is 2.12 bits per heavy atom. The van der Waals surface area contributed by atoms with Crippen molar-refractivity contribution in [2.45, 2.75) is 6.54 Å². The molecule has 3 rings (SSSR count). The molecule has 8 nitrogen and oxygen atoms in total. The van der Waals surface area contributed by atoms with E-state index in [1.807, 2.05) is 6.07 Å². The lowest BCUT2D eigenvalue weighted by Crippen LogP contribution is -2.08. The van der Waals surface area contributed by atoms with Gasteiger partial charge in [-0.05, 0) is 24.3 Å². The van der Waals surface area contributed by atoms with Crippen LogP contribution in [0.25, 0.3) is 0 Å². The average molecular weight is 325 g/mol. The van der Waals surface area contributed by atoms with Crippen molar-refractivity contribution < 1.29 is 13.9 Å². The van der Waals surface area contributed by atoms with Crippen LogP contribution >= 0.6 is 0 Å². The molecule has 0 saturated heterocycles. The second-order valence-electron chi connectivity index (χ2n) is 4.76. The molecule has 0 aliphatic heterocycles. The average Bonchev–Trinajstić information content (AvgIpc) is 3.14. The zero-order valence-electron chi connectivity index (χ0n) is 12.9. The van der Waals surface area contributed by atoms with Crippen LogP contribution < -0.4 is 10.6 Å². The van der Waals surface area contributed by atoms with Gasteiger partial charge in [-0.2, -0.15) is 10.1 Å². The van der Waals surface area contributed by atoms with Gasteiger partial charge in [-0.1, -0.05) is 12.1 Å². The number of furan rings is 1. The van der Waals surface area contributed by atoms with E-state index in [9.17, 15) is 4.79 Å². The van der Waals surface area contributed by atoms with E-state index in [0.29, 0.717) is 29.6 Å². The minimum atomic E-state index is -0.434. The summed E-state index contributed by atoms with van der Waals surface area (Å²) in [7, 11) is 1.34. The first-order valence-corrected chi connectivity index (χ1v) is 7.16. The Morgan fingerprint density at radius 3 is 2.92 bits per heavy atom. The SMILES string of the molecule is COC(=O)c1ccccc1Nc1cnnc(NCc2ccco2)n1. The maximum Gasteiger partial charge on any atom is 0.339 e. The lowest BCUT2D eigenvalue weighted by Gasteiger charge is -2.10. The van der Waals surface area contributed by atoms with Gasteiger partial charge in [-0.15, -0.1) is 5.10 Å². The Bertz CT molecular complexity index is 820. The van der Waals surface area contributed by atoms with Crippen molar-refractivity contribution >= 4 is 23.4 Å². The van der Waals surface area contributed by atoms with Crippen LogP contribution in [-0.4, -0.2) is 28.3 Å². The Labute approximate surface area is 137 Å². The van der Waals surface area contributed by atoms with Gasteiger partial charge < -0.3 is 19.8 Å². The standard InChI is InChI=1S/C16H15N5O3/c1-23-15(22)12-6-2-3-7-13(12)19-14-10-18-21-16(20-14)17-9-11-5-4-8-24-11/h2-8,10H,9H2,1H3,(H2,17,19,20,21). The molecule has 0 saturated carbocycles. The Morgan fingerprint density at radius 1 is 1.25 bits per heavy atom. The summed E-state index contributed by atoms with van der Waals surface area (Å²) >= 11 is 0. The highest BCUT2D eigenvalue weighted by Crippen LogP contribution is 2.20. The van der Waals surface area contributed by atoms with Gasteiger partial charge in [0.15, 0.2) is 5.82 Å². The van der Waals surface area contributed by atoms with Gasteiger partial charge in [0.05, 0.1) is 37.4 Å². The van der Waals surface area contributed by atoms with E-state index in [1.165, 1.54) is 13.3 Å². The van der Waals surface area contributed by atoms with Gasteiger partial charge in [-0.25, -0.2) is 4.79 Å². The predicted molar refractivity (Wildman–Crippen MR) is 86.9 cm³/mol. The Kier molecular flexibility index (Phi) is 4.66. The molecule has 2 aromatic heterocycles. The highest BCUT2D eigenvalue weighted by Gasteiger charge is 2.12. The first-order valence-electron chi connectivity index (χ1n) is 7.16. The number of nitrogens with zero attached hydrogens (tertiary/aromatic N) is 3. The van der Waals surface area contributed by atoms with Crippen LogP contribution in [0.4, 0.5) is 17.5 Å². The lowest BCUT2D eigenvalue weighted by atomic mass is 10.2. The maximum absolute atomic E-state index is 11.8. The fraction of sp³-hybridized carbons (Fsp3) is 0.125. The van der Waals surface area contributed by atoms with Crippen molar-refractivity contribution in [2.24, 2.45) is 0 Å². The molecule has 0 aliphatic carbocycles. The number of esters is 1. The second-order valence-corrected chi connectivity index (χ2v) is 4.76. The molecular formula is C16H15N5O3. The summed E-state index contributed by atoms with van der Waals surface area (Å²) in [6.45, 7) is 0.441. The molecule has 0 bridgehead atoms. The normalized spacial score (nSPS) is 10.2. The van der Waals surface area contributed by atoms with E-state index >= 15 is 0 Å². The van der Waals surface area contributed by atoms with E-state index in [2.05, 4.69) is 25.8 Å². The van der Waals surface area contributed by atoms with Crippen molar-refractivity contribution in [2.75, 3.05) is 17.7 Å². The number of ether oxygens (including phenoxy) is 1. The molecule has 0 unspecified atom stereocenters. The molecule has 0 fully saturated rings. The van der Waals surface area contributed by atoms with Crippen molar-refractivity contribution in [3.8, 4) is 0 Å². The van der Waals surface area contributed by atoms with Crippen molar-refractivity contribution in [1.82, 2.24) is 15.2 Å². The van der Waals surface area contributed by atoms with Gasteiger partial charge >= 0.3 is 5.97 Å². The topological polar surface area (TPSA) is 102 Å². The van der Waals surface area contributed by atoms with E-state index < -0.39 is 5.97 Å². The molecule has 2 heterocycles. The van der Waals surface area contributed by atoms with E-state index in [4.69, 9.17) is 9.15 Å². The van der Waals surface area contributed by atoms with Gasteiger partial charge in [0.25, 0.3) is 0 Å².